The molecular formula is C16H13ClF4N4O2. The van der Waals surface area contributed by atoms with Crippen molar-refractivity contribution in [1.29, 1.82) is 0 Å². The number of benzene rings is 2. The van der Waals surface area contributed by atoms with Gasteiger partial charge in [-0.2, -0.15) is 17.9 Å². The molecular weight excluding hydrogens is 392 g/mol. The molecule has 1 heterocycles. The lowest BCUT2D eigenvalue weighted by atomic mass is 10.2. The van der Waals surface area contributed by atoms with Gasteiger partial charge in [-0.1, -0.05) is 29.4 Å². The first kappa shape index (κ1) is 20.4. The van der Waals surface area contributed by atoms with Crippen LogP contribution < -0.4 is 4.74 Å². The van der Waals surface area contributed by atoms with Crippen molar-refractivity contribution in [3.05, 3.63) is 46.7 Å². The van der Waals surface area contributed by atoms with Crippen LogP contribution in [-0.4, -0.2) is 26.0 Å². The monoisotopic (exact) mass is 404 g/mol. The lowest BCUT2D eigenvalue weighted by Crippen LogP contribution is -2.09. The highest BCUT2D eigenvalue weighted by Gasteiger charge is 2.32. The number of nitrogens with zero attached hydrogens (tertiary/aromatic N) is 4. The first-order valence-corrected chi connectivity index (χ1v) is 7.37. The van der Waals surface area contributed by atoms with Gasteiger partial charge in [-0.05, 0) is 31.2 Å². The Labute approximate surface area is 155 Å². The number of aromatic nitrogens is 3. The summed E-state index contributed by atoms with van der Waals surface area (Å²) in [5.41, 5.74) is -0.416. The third-order valence-electron chi connectivity index (χ3n) is 3.41. The highest BCUT2D eigenvalue weighted by atomic mass is 35.5. The molecule has 0 aliphatic heterocycles. The Balaban J connectivity index is 0.00000261. The summed E-state index contributed by atoms with van der Waals surface area (Å²) in [7, 11) is 0. The van der Waals surface area contributed by atoms with Gasteiger partial charge in [0.25, 0.3) is 0 Å². The van der Waals surface area contributed by atoms with Crippen molar-refractivity contribution in [1.82, 2.24) is 15.0 Å². The fourth-order valence-corrected chi connectivity index (χ4v) is 2.43. The molecule has 0 amide bonds. The topological polar surface area (TPSA) is 72.5 Å². The van der Waals surface area contributed by atoms with Gasteiger partial charge in [0, 0.05) is 6.07 Å². The second-order valence-corrected chi connectivity index (χ2v) is 5.58. The van der Waals surface area contributed by atoms with Crippen molar-refractivity contribution < 1.29 is 27.5 Å². The first-order chi connectivity index (χ1) is 12.2. The zero-order chi connectivity index (χ0) is 19.1. The molecule has 0 spiro atoms. The van der Waals surface area contributed by atoms with Crippen LogP contribution in [0.1, 0.15) is 19.9 Å². The Kier molecular flexibility index (Phi) is 5.59. The molecule has 0 aliphatic rings. The molecule has 1 aromatic heterocycles. The maximum Gasteiger partial charge on any atom is 0.416 e. The Hall–Kier alpha value is -2.88. The van der Waals surface area contributed by atoms with Crippen LogP contribution in [0.15, 0.2) is 35.5 Å². The van der Waals surface area contributed by atoms with Gasteiger partial charge in [-0.15, -0.1) is 5.10 Å². The molecule has 2 aromatic carbocycles. The van der Waals surface area contributed by atoms with Crippen LogP contribution in [0.2, 0.25) is 5.02 Å². The average Bonchev–Trinajstić information content (AvgIpc) is 2.99. The van der Waals surface area contributed by atoms with E-state index in [2.05, 4.69) is 15.5 Å². The molecule has 6 nitrogen and oxygen atoms in total. The van der Waals surface area contributed by atoms with Crippen LogP contribution in [0.25, 0.3) is 11.0 Å². The highest BCUT2D eigenvalue weighted by Crippen LogP contribution is 2.38. The fourth-order valence-electron chi connectivity index (χ4n) is 2.18. The van der Waals surface area contributed by atoms with Crippen molar-refractivity contribution in [3.8, 4) is 11.5 Å². The summed E-state index contributed by atoms with van der Waals surface area (Å²) in [5, 5.41) is 19.0. The predicted molar refractivity (Wildman–Crippen MR) is 91.0 cm³/mol. The molecule has 0 fully saturated rings. The molecule has 0 atom stereocenters. The summed E-state index contributed by atoms with van der Waals surface area (Å²) in [4.78, 5) is 0. The van der Waals surface area contributed by atoms with Gasteiger partial charge in [0.2, 0.25) is 0 Å². The van der Waals surface area contributed by atoms with Crippen molar-refractivity contribution >= 4 is 28.5 Å². The van der Waals surface area contributed by atoms with Gasteiger partial charge in [-0.25, -0.2) is 4.39 Å². The van der Waals surface area contributed by atoms with E-state index < -0.39 is 28.3 Å². The zero-order valence-corrected chi connectivity index (χ0v) is 13.7. The van der Waals surface area contributed by atoms with E-state index in [1.54, 1.807) is 0 Å². The molecule has 0 radical (unpaired) electrons. The minimum Gasteiger partial charge on any atom is -0.453 e. The van der Waals surface area contributed by atoms with Crippen molar-refractivity contribution in [2.45, 2.75) is 20.5 Å². The number of hydrogen-bond acceptors (Lipinski definition) is 5. The summed E-state index contributed by atoms with van der Waals surface area (Å²) < 4.78 is 58.6. The minimum atomic E-state index is -4.73. The fraction of sp³-hybridized carbons (Fsp3) is 0.188. The van der Waals surface area contributed by atoms with Crippen LogP contribution in [-0.2, 0) is 6.18 Å². The minimum absolute atomic E-state index is 0. The highest BCUT2D eigenvalue weighted by molar-refractivity contribution is 6.32. The third-order valence-corrected chi connectivity index (χ3v) is 3.69. The standard InChI is InChI=1S/C15H9ClF4N4O2.CH4/c1-7(22-25)24-13-6-9(2-3-12(13)21-23-24)26-14-10(16)4-8(5-11(14)17)15(18,19)20;/h2-6,25H,1H3;1H4. The molecule has 11 heteroatoms. The van der Waals surface area contributed by atoms with Gasteiger partial charge in [0.05, 0.1) is 16.1 Å². The van der Waals surface area contributed by atoms with Gasteiger partial charge in [-0.3, -0.25) is 0 Å². The molecule has 0 bridgehead atoms. The number of hydrogen-bond donors (Lipinski definition) is 1. The molecule has 0 saturated carbocycles. The van der Waals surface area contributed by atoms with Crippen molar-refractivity contribution in [3.63, 3.8) is 0 Å². The lowest BCUT2D eigenvalue weighted by molar-refractivity contribution is -0.137. The van der Waals surface area contributed by atoms with Gasteiger partial charge in [0.15, 0.2) is 17.4 Å². The number of rotatable bonds is 2. The van der Waals surface area contributed by atoms with E-state index in [-0.39, 0.29) is 19.0 Å². The largest absolute Gasteiger partial charge is 0.453 e. The lowest BCUT2D eigenvalue weighted by Gasteiger charge is -2.12. The molecule has 3 aromatic rings. The summed E-state index contributed by atoms with van der Waals surface area (Å²) in [6.07, 6.45) is -4.73. The second-order valence-electron chi connectivity index (χ2n) is 5.17. The van der Waals surface area contributed by atoms with Gasteiger partial charge in [0.1, 0.15) is 11.3 Å². The van der Waals surface area contributed by atoms with Crippen LogP contribution in [0, 0.1) is 5.82 Å². The van der Waals surface area contributed by atoms with Crippen LogP contribution in [0.4, 0.5) is 17.6 Å². The van der Waals surface area contributed by atoms with E-state index >= 15 is 0 Å². The first-order valence-electron chi connectivity index (χ1n) is 6.99. The van der Waals surface area contributed by atoms with E-state index in [0.29, 0.717) is 23.2 Å². The molecule has 144 valence electrons. The maximum atomic E-state index is 14.1. The molecule has 0 aliphatic carbocycles. The SMILES string of the molecule is C.CC(=NO)n1nnc2ccc(Oc3c(F)cc(C(F)(F)F)cc3Cl)cc21. The number of fused-ring (bicyclic) bond motifs is 1. The maximum absolute atomic E-state index is 14.1. The molecule has 0 unspecified atom stereocenters. The van der Waals surface area contributed by atoms with Crippen LogP contribution in [0.5, 0.6) is 11.5 Å². The summed E-state index contributed by atoms with van der Waals surface area (Å²) in [6.45, 7) is 1.47. The van der Waals surface area contributed by atoms with Gasteiger partial charge >= 0.3 is 6.18 Å². The van der Waals surface area contributed by atoms with Crippen molar-refractivity contribution in [2.24, 2.45) is 5.16 Å². The number of alkyl halides is 3. The number of halogens is 5. The third kappa shape index (κ3) is 3.95. The van der Waals surface area contributed by atoms with E-state index in [0.717, 1.165) is 0 Å². The van der Waals surface area contributed by atoms with E-state index in [1.165, 1.54) is 29.8 Å². The number of ether oxygens (including phenoxy) is 1. The summed E-state index contributed by atoms with van der Waals surface area (Å²) >= 11 is 5.74. The van der Waals surface area contributed by atoms with E-state index in [1.807, 2.05) is 0 Å². The molecule has 0 saturated heterocycles. The Morgan fingerprint density at radius 1 is 1.26 bits per heavy atom. The molecule has 1 N–H and O–H groups in total. The predicted octanol–water partition coefficient (Wildman–Crippen LogP) is 5.33. The van der Waals surface area contributed by atoms with Gasteiger partial charge < -0.3 is 9.94 Å². The normalized spacial score (nSPS) is 12.1. The zero-order valence-electron chi connectivity index (χ0n) is 12.9. The van der Waals surface area contributed by atoms with Crippen LogP contribution >= 0.6 is 11.6 Å². The smallest absolute Gasteiger partial charge is 0.416 e. The summed E-state index contributed by atoms with van der Waals surface area (Å²) in [6, 6.07) is 5.19. The van der Waals surface area contributed by atoms with Crippen LogP contribution in [0.3, 0.4) is 0 Å². The average molecular weight is 405 g/mol. The Morgan fingerprint density at radius 3 is 2.56 bits per heavy atom. The van der Waals surface area contributed by atoms with E-state index in [4.69, 9.17) is 21.5 Å². The molecule has 27 heavy (non-hydrogen) atoms. The number of oxime groups is 1. The summed E-state index contributed by atoms with van der Waals surface area (Å²) in [5.74, 6) is -1.62. The quantitative estimate of drug-likeness (QED) is 0.206. The Morgan fingerprint density at radius 2 is 1.96 bits per heavy atom. The van der Waals surface area contributed by atoms with Crippen molar-refractivity contribution in [2.75, 3.05) is 0 Å². The second kappa shape index (κ2) is 7.39. The molecule has 3 rings (SSSR count). The Bertz CT molecular complexity index is 994. The van der Waals surface area contributed by atoms with E-state index in [9.17, 15) is 17.6 Å².